The van der Waals surface area contributed by atoms with Gasteiger partial charge in [-0.05, 0) is 55.5 Å². The van der Waals surface area contributed by atoms with Crippen LogP contribution in [0.2, 0.25) is 5.02 Å². The molecule has 0 bridgehead atoms. The van der Waals surface area contributed by atoms with Crippen molar-refractivity contribution in [3.05, 3.63) is 53.6 Å². The molecule has 0 unspecified atom stereocenters. The number of anilines is 1. The molecule has 0 saturated carbocycles. The third-order valence-electron chi connectivity index (χ3n) is 4.32. The van der Waals surface area contributed by atoms with E-state index in [0.29, 0.717) is 30.5 Å². The van der Waals surface area contributed by atoms with Crippen LogP contribution in [0.25, 0.3) is 0 Å². The van der Waals surface area contributed by atoms with Gasteiger partial charge in [-0.2, -0.15) is 0 Å². The summed E-state index contributed by atoms with van der Waals surface area (Å²) in [7, 11) is 0. The number of halogens is 1. The fraction of sp³-hybridized carbons (Fsp3) is 0.350. The third kappa shape index (κ3) is 4.82. The highest BCUT2D eigenvalue weighted by atomic mass is 35.5. The Labute approximate surface area is 159 Å². The van der Waals surface area contributed by atoms with Gasteiger partial charge < -0.3 is 19.3 Å². The second-order valence-electron chi connectivity index (χ2n) is 6.04. The van der Waals surface area contributed by atoms with E-state index in [0.717, 1.165) is 24.5 Å². The van der Waals surface area contributed by atoms with E-state index in [1.807, 2.05) is 24.0 Å². The van der Waals surface area contributed by atoms with Gasteiger partial charge in [-0.1, -0.05) is 11.6 Å². The lowest BCUT2D eigenvalue weighted by molar-refractivity contribution is -0.133. The van der Waals surface area contributed by atoms with Crippen LogP contribution in [0.3, 0.4) is 0 Å². The van der Waals surface area contributed by atoms with E-state index in [4.69, 9.17) is 21.1 Å². The largest absolute Gasteiger partial charge is 0.494 e. The van der Waals surface area contributed by atoms with Gasteiger partial charge in [-0.25, -0.2) is 0 Å². The average Bonchev–Trinajstić information content (AvgIpc) is 2.68. The van der Waals surface area contributed by atoms with Gasteiger partial charge in [0.2, 0.25) is 0 Å². The topological polar surface area (TPSA) is 42.0 Å². The number of ether oxygens (including phenoxy) is 2. The summed E-state index contributed by atoms with van der Waals surface area (Å²) in [5.74, 6) is 1.53. The second kappa shape index (κ2) is 8.81. The number of benzene rings is 2. The number of carbonyl (C=O) groups is 1. The Morgan fingerprint density at radius 2 is 1.50 bits per heavy atom. The van der Waals surface area contributed by atoms with E-state index >= 15 is 0 Å². The Morgan fingerprint density at radius 3 is 2.12 bits per heavy atom. The molecule has 1 fully saturated rings. The molecule has 0 spiro atoms. The fourth-order valence-electron chi connectivity index (χ4n) is 2.90. The van der Waals surface area contributed by atoms with Gasteiger partial charge in [0, 0.05) is 36.9 Å². The molecule has 2 aromatic rings. The van der Waals surface area contributed by atoms with E-state index in [1.165, 1.54) is 0 Å². The van der Waals surface area contributed by atoms with Crippen molar-refractivity contribution in [3.63, 3.8) is 0 Å². The van der Waals surface area contributed by atoms with Gasteiger partial charge in [0.05, 0.1) is 6.61 Å². The smallest absolute Gasteiger partial charge is 0.260 e. The van der Waals surface area contributed by atoms with E-state index in [1.54, 1.807) is 24.3 Å². The summed E-state index contributed by atoms with van der Waals surface area (Å²) < 4.78 is 11.0. The van der Waals surface area contributed by atoms with E-state index in [-0.39, 0.29) is 12.5 Å². The molecule has 1 saturated heterocycles. The van der Waals surface area contributed by atoms with Crippen molar-refractivity contribution in [2.45, 2.75) is 6.92 Å². The molecule has 0 aromatic heterocycles. The standard InChI is InChI=1S/C20H23ClN2O3/c1-2-25-18-9-5-17(6-10-18)22-11-13-23(14-12-22)20(24)15-26-19-7-3-16(21)4-8-19/h3-10H,2,11-15H2,1H3. The first kappa shape index (κ1) is 18.4. The number of amides is 1. The van der Waals surface area contributed by atoms with Crippen molar-refractivity contribution >= 4 is 23.2 Å². The van der Waals surface area contributed by atoms with E-state index in [9.17, 15) is 4.79 Å². The van der Waals surface area contributed by atoms with Crippen LogP contribution in [0.1, 0.15) is 6.92 Å². The molecule has 2 aromatic carbocycles. The second-order valence-corrected chi connectivity index (χ2v) is 6.47. The van der Waals surface area contributed by atoms with Crippen molar-refractivity contribution in [1.82, 2.24) is 4.90 Å². The van der Waals surface area contributed by atoms with Crippen LogP contribution in [0.5, 0.6) is 11.5 Å². The zero-order chi connectivity index (χ0) is 18.4. The quantitative estimate of drug-likeness (QED) is 0.776. The predicted octanol–water partition coefficient (Wildman–Crippen LogP) is 3.47. The lowest BCUT2D eigenvalue weighted by Crippen LogP contribution is -2.50. The molecular formula is C20H23ClN2O3. The van der Waals surface area contributed by atoms with Crippen LogP contribution >= 0.6 is 11.6 Å². The molecule has 0 aliphatic carbocycles. The number of piperazine rings is 1. The summed E-state index contributed by atoms with van der Waals surface area (Å²) in [5.41, 5.74) is 1.15. The molecule has 0 N–H and O–H groups in total. The molecule has 3 rings (SSSR count). The van der Waals surface area contributed by atoms with E-state index < -0.39 is 0 Å². The highest BCUT2D eigenvalue weighted by molar-refractivity contribution is 6.30. The van der Waals surface area contributed by atoms with Crippen LogP contribution in [0, 0.1) is 0 Å². The monoisotopic (exact) mass is 374 g/mol. The zero-order valence-electron chi connectivity index (χ0n) is 14.9. The summed E-state index contributed by atoms with van der Waals surface area (Å²) in [5, 5.41) is 0.647. The molecule has 1 aliphatic rings. The van der Waals surface area contributed by atoms with Gasteiger partial charge >= 0.3 is 0 Å². The Balaban J connectivity index is 1.46. The summed E-state index contributed by atoms with van der Waals surface area (Å²) in [6, 6.07) is 15.1. The summed E-state index contributed by atoms with van der Waals surface area (Å²) in [6.45, 7) is 5.68. The van der Waals surface area contributed by atoms with Gasteiger partial charge in [0.1, 0.15) is 11.5 Å². The molecule has 0 atom stereocenters. The molecule has 1 heterocycles. The first-order valence-corrected chi connectivity index (χ1v) is 9.17. The maximum Gasteiger partial charge on any atom is 0.260 e. The third-order valence-corrected chi connectivity index (χ3v) is 4.57. The summed E-state index contributed by atoms with van der Waals surface area (Å²) >= 11 is 5.84. The molecule has 26 heavy (non-hydrogen) atoms. The first-order chi connectivity index (χ1) is 12.7. The molecule has 0 radical (unpaired) electrons. The average molecular weight is 375 g/mol. The van der Waals surface area contributed by atoms with Gasteiger partial charge in [-0.15, -0.1) is 0 Å². The highest BCUT2D eigenvalue weighted by Crippen LogP contribution is 2.21. The molecule has 1 amide bonds. The Bertz CT molecular complexity index is 711. The van der Waals surface area contributed by atoms with Crippen LogP contribution in [0.4, 0.5) is 5.69 Å². The minimum absolute atomic E-state index is 0.00583. The minimum atomic E-state index is 0.00583. The van der Waals surface area contributed by atoms with Gasteiger partial charge in [-0.3, -0.25) is 4.79 Å². The van der Waals surface area contributed by atoms with Gasteiger partial charge in [0.15, 0.2) is 6.61 Å². The fourth-order valence-corrected chi connectivity index (χ4v) is 3.03. The molecule has 1 aliphatic heterocycles. The predicted molar refractivity (Wildman–Crippen MR) is 103 cm³/mol. The van der Waals surface area contributed by atoms with Crippen LogP contribution in [-0.2, 0) is 4.79 Å². The van der Waals surface area contributed by atoms with Crippen molar-refractivity contribution in [1.29, 1.82) is 0 Å². The number of nitrogens with zero attached hydrogens (tertiary/aromatic N) is 2. The van der Waals surface area contributed by atoms with Crippen LogP contribution in [0.15, 0.2) is 48.5 Å². The molecule has 6 heteroatoms. The Kier molecular flexibility index (Phi) is 6.23. The number of rotatable bonds is 6. The number of hydrogen-bond acceptors (Lipinski definition) is 4. The zero-order valence-corrected chi connectivity index (χ0v) is 15.6. The lowest BCUT2D eigenvalue weighted by Gasteiger charge is -2.36. The van der Waals surface area contributed by atoms with Crippen molar-refractivity contribution in [3.8, 4) is 11.5 Å². The SMILES string of the molecule is CCOc1ccc(N2CCN(C(=O)COc3ccc(Cl)cc3)CC2)cc1. The molecular weight excluding hydrogens is 352 g/mol. The van der Waals surface area contributed by atoms with Gasteiger partial charge in [0.25, 0.3) is 5.91 Å². The minimum Gasteiger partial charge on any atom is -0.494 e. The first-order valence-electron chi connectivity index (χ1n) is 8.79. The van der Waals surface area contributed by atoms with Crippen molar-refractivity contribution in [2.24, 2.45) is 0 Å². The Morgan fingerprint density at radius 1 is 0.923 bits per heavy atom. The number of hydrogen-bond donors (Lipinski definition) is 0. The Hall–Kier alpha value is -2.40. The normalized spacial score (nSPS) is 14.2. The molecule has 138 valence electrons. The summed E-state index contributed by atoms with van der Waals surface area (Å²) in [4.78, 5) is 16.5. The number of carbonyl (C=O) groups excluding carboxylic acids is 1. The maximum absolute atomic E-state index is 12.3. The molecule has 5 nitrogen and oxygen atoms in total. The van der Waals surface area contributed by atoms with Crippen molar-refractivity contribution in [2.75, 3.05) is 44.3 Å². The van der Waals surface area contributed by atoms with Crippen molar-refractivity contribution < 1.29 is 14.3 Å². The maximum atomic E-state index is 12.3. The summed E-state index contributed by atoms with van der Waals surface area (Å²) in [6.07, 6.45) is 0. The van der Waals surface area contributed by atoms with Crippen LogP contribution < -0.4 is 14.4 Å². The highest BCUT2D eigenvalue weighted by Gasteiger charge is 2.21. The van der Waals surface area contributed by atoms with Crippen LogP contribution in [-0.4, -0.2) is 50.2 Å². The van der Waals surface area contributed by atoms with E-state index in [2.05, 4.69) is 17.0 Å². The lowest BCUT2D eigenvalue weighted by atomic mass is 10.2.